The lowest BCUT2D eigenvalue weighted by Gasteiger charge is -2.14. The molecule has 0 aliphatic rings. The Kier molecular flexibility index (Phi) is 6.98. The molecule has 148 valence electrons. The van der Waals surface area contributed by atoms with Gasteiger partial charge in [0.05, 0.1) is 19.6 Å². The minimum absolute atomic E-state index is 0.0212. The number of halogens is 1. The first-order chi connectivity index (χ1) is 13.6. The lowest BCUT2D eigenvalue weighted by Crippen LogP contribution is -2.27. The van der Waals surface area contributed by atoms with Gasteiger partial charge >= 0.3 is 0 Å². The topological polar surface area (TPSA) is 63.3 Å². The largest absolute Gasteiger partial charge is 0.490 e. The molecular weight excluding hydrogens is 420 g/mol. The Morgan fingerprint density at radius 1 is 1.07 bits per heavy atom. The summed E-state index contributed by atoms with van der Waals surface area (Å²) in [4.78, 5) is 15.7. The second-order valence-electron chi connectivity index (χ2n) is 6.39. The van der Waals surface area contributed by atoms with Crippen LogP contribution in [0.3, 0.4) is 0 Å². The molecule has 0 bridgehead atoms. The number of hydrogen-bond acceptors (Lipinski definition) is 3. The van der Waals surface area contributed by atoms with E-state index in [4.69, 9.17) is 9.47 Å². The van der Waals surface area contributed by atoms with Gasteiger partial charge in [0, 0.05) is 28.1 Å². The number of hydrogen-bond donors (Lipinski definition) is 2. The van der Waals surface area contributed by atoms with Crippen molar-refractivity contribution in [1.29, 1.82) is 0 Å². The van der Waals surface area contributed by atoms with Crippen molar-refractivity contribution in [2.45, 2.75) is 26.7 Å². The van der Waals surface area contributed by atoms with Crippen LogP contribution >= 0.6 is 15.9 Å². The first kappa shape index (κ1) is 20.3. The number of benzene rings is 2. The van der Waals surface area contributed by atoms with Crippen molar-refractivity contribution in [3.8, 4) is 11.5 Å². The molecule has 6 heteroatoms. The molecule has 0 fully saturated rings. The van der Waals surface area contributed by atoms with E-state index in [1.165, 1.54) is 10.9 Å². The Morgan fingerprint density at radius 3 is 2.54 bits per heavy atom. The summed E-state index contributed by atoms with van der Waals surface area (Å²) in [5, 5.41) is 4.21. The average molecular weight is 445 g/mol. The molecule has 0 saturated carbocycles. The molecule has 1 heterocycles. The first-order valence-corrected chi connectivity index (χ1v) is 10.3. The third-order valence-electron chi connectivity index (χ3n) is 4.45. The van der Waals surface area contributed by atoms with Gasteiger partial charge in [-0.25, -0.2) is 0 Å². The highest BCUT2D eigenvalue weighted by atomic mass is 79.9. The molecule has 5 nitrogen and oxygen atoms in total. The van der Waals surface area contributed by atoms with Crippen LogP contribution in [0.15, 0.2) is 47.1 Å². The Morgan fingerprint density at radius 2 is 1.79 bits per heavy atom. The quantitative estimate of drug-likeness (QED) is 0.505. The van der Waals surface area contributed by atoms with E-state index in [9.17, 15) is 4.79 Å². The zero-order valence-electron chi connectivity index (χ0n) is 16.2. The third kappa shape index (κ3) is 4.87. The van der Waals surface area contributed by atoms with Crippen LogP contribution in [0.5, 0.6) is 11.5 Å². The standard InChI is InChI=1S/C22H25BrN2O3/c1-3-27-20-11-16(18(23)13-21(20)28-4-2)12-22(26)24-10-9-15-14-25-19-8-6-5-7-17(15)19/h5-8,11,13-14,25H,3-4,9-10,12H2,1-2H3,(H,24,26). The zero-order chi connectivity index (χ0) is 19.9. The molecule has 0 saturated heterocycles. The Bertz CT molecular complexity index is 952. The van der Waals surface area contributed by atoms with Crippen molar-refractivity contribution in [1.82, 2.24) is 10.3 Å². The summed E-state index contributed by atoms with van der Waals surface area (Å²) in [7, 11) is 0. The van der Waals surface area contributed by atoms with E-state index in [0.29, 0.717) is 31.3 Å². The molecular formula is C22H25BrN2O3. The van der Waals surface area contributed by atoms with Crippen molar-refractivity contribution in [3.63, 3.8) is 0 Å². The number of aromatic nitrogens is 1. The Labute approximate surface area is 173 Å². The summed E-state index contributed by atoms with van der Waals surface area (Å²) in [5.41, 5.74) is 3.19. The molecule has 0 atom stereocenters. The summed E-state index contributed by atoms with van der Waals surface area (Å²) in [5.74, 6) is 1.32. The van der Waals surface area contributed by atoms with Gasteiger partial charge in [0.25, 0.3) is 0 Å². The van der Waals surface area contributed by atoms with Gasteiger partial charge in [-0.2, -0.15) is 0 Å². The molecule has 1 amide bonds. The molecule has 0 aliphatic heterocycles. The van der Waals surface area contributed by atoms with Gasteiger partial charge in [-0.05, 0) is 49.6 Å². The fraction of sp³-hybridized carbons (Fsp3) is 0.318. The van der Waals surface area contributed by atoms with E-state index in [1.807, 2.05) is 44.3 Å². The molecule has 0 aliphatic carbocycles. The summed E-state index contributed by atoms with van der Waals surface area (Å²) in [6, 6.07) is 11.9. The zero-order valence-corrected chi connectivity index (χ0v) is 17.8. The van der Waals surface area contributed by atoms with Gasteiger partial charge in [-0.1, -0.05) is 34.1 Å². The lowest BCUT2D eigenvalue weighted by molar-refractivity contribution is -0.120. The molecule has 2 aromatic carbocycles. The maximum absolute atomic E-state index is 12.4. The van der Waals surface area contributed by atoms with E-state index in [2.05, 4.69) is 38.4 Å². The molecule has 1 aromatic heterocycles. The summed E-state index contributed by atoms with van der Waals surface area (Å²) in [6.07, 6.45) is 3.07. The number of aromatic amines is 1. The lowest BCUT2D eigenvalue weighted by atomic mass is 10.1. The van der Waals surface area contributed by atoms with Crippen molar-refractivity contribution in [2.24, 2.45) is 0 Å². The number of nitrogens with one attached hydrogen (secondary N) is 2. The van der Waals surface area contributed by atoms with Crippen LogP contribution < -0.4 is 14.8 Å². The van der Waals surface area contributed by atoms with Crippen LogP contribution in [-0.2, 0) is 17.6 Å². The van der Waals surface area contributed by atoms with Crippen LogP contribution in [-0.4, -0.2) is 30.6 Å². The summed E-state index contributed by atoms with van der Waals surface area (Å²) < 4.78 is 12.1. The number of amides is 1. The Hall–Kier alpha value is -2.47. The van der Waals surface area contributed by atoms with E-state index in [-0.39, 0.29) is 12.3 Å². The second kappa shape index (κ2) is 9.64. The molecule has 0 radical (unpaired) electrons. The van der Waals surface area contributed by atoms with Gasteiger partial charge in [0.1, 0.15) is 0 Å². The number of carbonyl (C=O) groups excluding carboxylic acids is 1. The fourth-order valence-corrected chi connectivity index (χ4v) is 3.62. The number of ether oxygens (including phenoxy) is 2. The highest BCUT2D eigenvalue weighted by Crippen LogP contribution is 2.34. The number of fused-ring (bicyclic) bond motifs is 1. The van der Waals surface area contributed by atoms with E-state index < -0.39 is 0 Å². The fourth-order valence-electron chi connectivity index (χ4n) is 3.16. The van der Waals surface area contributed by atoms with Crippen molar-refractivity contribution >= 4 is 32.7 Å². The predicted octanol–water partition coefficient (Wildman–Crippen LogP) is 4.63. The molecule has 3 aromatic rings. The molecule has 2 N–H and O–H groups in total. The molecule has 3 rings (SSSR count). The predicted molar refractivity (Wildman–Crippen MR) is 115 cm³/mol. The van der Waals surface area contributed by atoms with Crippen molar-refractivity contribution in [2.75, 3.05) is 19.8 Å². The maximum Gasteiger partial charge on any atom is 0.224 e. The smallest absolute Gasteiger partial charge is 0.224 e. The van der Waals surface area contributed by atoms with Crippen molar-refractivity contribution < 1.29 is 14.3 Å². The van der Waals surface area contributed by atoms with Crippen LogP contribution in [0.4, 0.5) is 0 Å². The highest BCUT2D eigenvalue weighted by molar-refractivity contribution is 9.10. The first-order valence-electron chi connectivity index (χ1n) is 9.52. The van der Waals surface area contributed by atoms with Gasteiger partial charge in [0.2, 0.25) is 5.91 Å². The van der Waals surface area contributed by atoms with E-state index in [0.717, 1.165) is 22.0 Å². The number of rotatable bonds is 9. The Balaban J connectivity index is 1.60. The number of para-hydroxylation sites is 1. The molecule has 0 spiro atoms. The monoisotopic (exact) mass is 444 g/mol. The van der Waals surface area contributed by atoms with Gasteiger partial charge < -0.3 is 19.8 Å². The number of H-pyrrole nitrogens is 1. The van der Waals surface area contributed by atoms with Crippen LogP contribution in [0.1, 0.15) is 25.0 Å². The minimum atomic E-state index is -0.0212. The van der Waals surface area contributed by atoms with E-state index >= 15 is 0 Å². The van der Waals surface area contributed by atoms with E-state index in [1.54, 1.807) is 0 Å². The molecule has 28 heavy (non-hydrogen) atoms. The summed E-state index contributed by atoms with van der Waals surface area (Å²) in [6.45, 7) is 5.54. The van der Waals surface area contributed by atoms with Gasteiger partial charge in [-0.3, -0.25) is 4.79 Å². The average Bonchev–Trinajstić information content (AvgIpc) is 3.09. The van der Waals surface area contributed by atoms with Gasteiger partial charge in [0.15, 0.2) is 11.5 Å². The second-order valence-corrected chi connectivity index (χ2v) is 7.25. The maximum atomic E-state index is 12.4. The van der Waals surface area contributed by atoms with Crippen LogP contribution in [0, 0.1) is 0 Å². The number of carbonyl (C=O) groups is 1. The highest BCUT2D eigenvalue weighted by Gasteiger charge is 2.13. The SMILES string of the molecule is CCOc1cc(Br)c(CC(=O)NCCc2c[nH]c3ccccc23)cc1OCC. The molecule has 0 unspecified atom stereocenters. The third-order valence-corrected chi connectivity index (χ3v) is 5.19. The minimum Gasteiger partial charge on any atom is -0.490 e. The normalized spacial score (nSPS) is 10.8. The van der Waals surface area contributed by atoms with Crippen LogP contribution in [0.2, 0.25) is 0 Å². The van der Waals surface area contributed by atoms with Crippen LogP contribution in [0.25, 0.3) is 10.9 Å². The van der Waals surface area contributed by atoms with Gasteiger partial charge in [-0.15, -0.1) is 0 Å². The summed E-state index contributed by atoms with van der Waals surface area (Å²) >= 11 is 3.54. The van der Waals surface area contributed by atoms with Crippen molar-refractivity contribution in [3.05, 3.63) is 58.2 Å².